The molecule has 1 unspecified atom stereocenters. The van der Waals surface area contributed by atoms with E-state index >= 15 is 0 Å². The Morgan fingerprint density at radius 2 is 2.06 bits per heavy atom. The minimum Gasteiger partial charge on any atom is -0.383 e. The van der Waals surface area contributed by atoms with Gasteiger partial charge in [-0.05, 0) is 21.8 Å². The second-order valence-corrected chi connectivity index (χ2v) is 4.77. The van der Waals surface area contributed by atoms with Crippen molar-refractivity contribution in [2.24, 2.45) is 11.8 Å². The summed E-state index contributed by atoms with van der Waals surface area (Å²) in [7, 11) is 1.68. The molecule has 1 aromatic heterocycles. The van der Waals surface area contributed by atoms with Crippen LogP contribution in [-0.4, -0.2) is 29.7 Å². The highest BCUT2D eigenvalue weighted by Gasteiger charge is 2.16. The van der Waals surface area contributed by atoms with Gasteiger partial charge in [-0.3, -0.25) is 0 Å². The predicted octanol–water partition coefficient (Wildman–Crippen LogP) is 1.61. The zero-order valence-electron chi connectivity index (χ0n) is 10.2. The molecule has 0 aliphatic carbocycles. The van der Waals surface area contributed by atoms with Gasteiger partial charge >= 0.3 is 0 Å². The van der Waals surface area contributed by atoms with E-state index in [0.717, 1.165) is 0 Å². The number of hydrogen-bond acceptors (Lipinski definition) is 6. The molecule has 4 N–H and O–H groups in total. The molecule has 0 aliphatic heterocycles. The maximum absolute atomic E-state index is 5.35. The molecule has 7 heteroatoms. The minimum atomic E-state index is 0.178. The molecule has 0 bridgehead atoms. The topological polar surface area (TPSA) is 85.1 Å². The van der Waals surface area contributed by atoms with Gasteiger partial charge in [0.25, 0.3) is 0 Å². The highest BCUT2D eigenvalue weighted by Crippen LogP contribution is 2.26. The van der Waals surface area contributed by atoms with Crippen LogP contribution < -0.4 is 16.6 Å². The fourth-order valence-electron chi connectivity index (χ4n) is 1.33. The Hall–Kier alpha value is -0.920. The van der Waals surface area contributed by atoms with E-state index < -0.39 is 0 Å². The van der Waals surface area contributed by atoms with Crippen LogP contribution in [0.25, 0.3) is 0 Å². The number of hydrogen-bond donors (Lipinski definition) is 3. The van der Waals surface area contributed by atoms with Crippen molar-refractivity contribution < 1.29 is 4.74 Å². The number of anilines is 2. The van der Waals surface area contributed by atoms with Gasteiger partial charge in [0, 0.05) is 7.11 Å². The number of nitrogens with zero attached hydrogens (tertiary/aromatic N) is 2. The van der Waals surface area contributed by atoms with Crippen molar-refractivity contribution in [1.29, 1.82) is 0 Å². The van der Waals surface area contributed by atoms with Crippen LogP contribution in [-0.2, 0) is 4.74 Å². The summed E-state index contributed by atoms with van der Waals surface area (Å²) in [5.41, 5.74) is 2.50. The number of hydrazine groups is 1. The predicted molar refractivity (Wildman–Crippen MR) is 71.7 cm³/mol. The highest BCUT2D eigenvalue weighted by molar-refractivity contribution is 9.10. The van der Waals surface area contributed by atoms with Crippen LogP contribution in [0, 0.1) is 5.92 Å². The number of rotatable bonds is 6. The number of nitrogen functional groups attached to an aromatic ring is 1. The Balaban J connectivity index is 2.85. The first-order valence-electron chi connectivity index (χ1n) is 5.32. The second kappa shape index (κ2) is 6.73. The number of ether oxygens (including phenoxy) is 1. The molecule has 0 spiro atoms. The number of halogens is 1. The summed E-state index contributed by atoms with van der Waals surface area (Å²) in [4.78, 5) is 8.16. The molecule has 1 atom stereocenters. The summed E-state index contributed by atoms with van der Waals surface area (Å²) >= 11 is 3.40. The number of aromatic nitrogens is 2. The molecule has 0 aromatic carbocycles. The second-order valence-electron chi connectivity index (χ2n) is 3.98. The Morgan fingerprint density at radius 1 is 1.41 bits per heavy atom. The average molecular weight is 304 g/mol. The zero-order chi connectivity index (χ0) is 12.8. The quantitative estimate of drug-likeness (QED) is 0.547. The lowest BCUT2D eigenvalue weighted by atomic mass is 10.1. The zero-order valence-corrected chi connectivity index (χ0v) is 11.8. The van der Waals surface area contributed by atoms with E-state index in [-0.39, 0.29) is 6.04 Å². The van der Waals surface area contributed by atoms with Gasteiger partial charge in [0.1, 0.15) is 16.6 Å². The molecule has 6 nitrogen and oxygen atoms in total. The summed E-state index contributed by atoms with van der Waals surface area (Å²) in [6, 6.07) is 0.178. The van der Waals surface area contributed by atoms with E-state index in [2.05, 4.69) is 50.5 Å². The van der Waals surface area contributed by atoms with E-state index in [1.807, 2.05) is 0 Å². The van der Waals surface area contributed by atoms with Crippen LogP contribution in [0.4, 0.5) is 11.6 Å². The molecular formula is C10H18BrN5O. The van der Waals surface area contributed by atoms with E-state index in [1.165, 1.54) is 6.33 Å². The van der Waals surface area contributed by atoms with Crippen LogP contribution in [0.1, 0.15) is 13.8 Å². The molecule has 1 rings (SSSR count). The Morgan fingerprint density at radius 3 is 2.59 bits per heavy atom. The van der Waals surface area contributed by atoms with Gasteiger partial charge in [0.05, 0.1) is 12.6 Å². The molecule has 1 heterocycles. The van der Waals surface area contributed by atoms with Gasteiger partial charge in [-0.15, -0.1) is 0 Å². The molecule has 17 heavy (non-hydrogen) atoms. The van der Waals surface area contributed by atoms with E-state index in [4.69, 9.17) is 10.6 Å². The van der Waals surface area contributed by atoms with Gasteiger partial charge in [0.2, 0.25) is 0 Å². The molecule has 1 aromatic rings. The van der Waals surface area contributed by atoms with Crippen molar-refractivity contribution in [2.75, 3.05) is 24.5 Å². The van der Waals surface area contributed by atoms with Gasteiger partial charge in [-0.25, -0.2) is 15.8 Å². The molecule has 0 saturated carbocycles. The van der Waals surface area contributed by atoms with Gasteiger partial charge in [-0.2, -0.15) is 0 Å². The Bertz CT molecular complexity index is 361. The summed E-state index contributed by atoms with van der Waals surface area (Å²) in [6.45, 7) is 4.85. The van der Waals surface area contributed by atoms with Crippen molar-refractivity contribution in [3.05, 3.63) is 10.8 Å². The molecular weight excluding hydrogens is 286 g/mol. The molecule has 0 radical (unpaired) electrons. The van der Waals surface area contributed by atoms with Crippen LogP contribution in [0.3, 0.4) is 0 Å². The summed E-state index contributed by atoms with van der Waals surface area (Å²) in [5.74, 6) is 7.01. The Labute approximate surface area is 109 Å². The van der Waals surface area contributed by atoms with E-state index in [9.17, 15) is 0 Å². The van der Waals surface area contributed by atoms with E-state index in [1.54, 1.807) is 7.11 Å². The molecule has 96 valence electrons. The third-order valence-corrected chi connectivity index (χ3v) is 3.15. The maximum atomic E-state index is 5.35. The lowest BCUT2D eigenvalue weighted by molar-refractivity contribution is 0.171. The SMILES string of the molecule is COCC(Nc1ncnc(NN)c1Br)C(C)C. The first kappa shape index (κ1) is 14.1. The van der Waals surface area contributed by atoms with E-state index in [0.29, 0.717) is 28.6 Å². The lowest BCUT2D eigenvalue weighted by Gasteiger charge is -2.22. The maximum Gasteiger partial charge on any atom is 0.159 e. The largest absolute Gasteiger partial charge is 0.383 e. The third kappa shape index (κ3) is 3.79. The summed E-state index contributed by atoms with van der Waals surface area (Å²) < 4.78 is 5.88. The number of nitrogens with two attached hydrogens (primary N) is 1. The summed E-state index contributed by atoms with van der Waals surface area (Å²) in [6.07, 6.45) is 1.45. The number of nitrogens with one attached hydrogen (secondary N) is 2. The van der Waals surface area contributed by atoms with Crippen molar-refractivity contribution in [1.82, 2.24) is 9.97 Å². The van der Waals surface area contributed by atoms with Gasteiger partial charge < -0.3 is 15.5 Å². The minimum absolute atomic E-state index is 0.178. The van der Waals surface area contributed by atoms with Crippen LogP contribution in [0.5, 0.6) is 0 Å². The Kier molecular flexibility index (Phi) is 5.60. The molecule has 0 saturated heterocycles. The molecule has 0 amide bonds. The monoisotopic (exact) mass is 303 g/mol. The molecule has 0 aliphatic rings. The first-order chi connectivity index (χ1) is 8.10. The van der Waals surface area contributed by atoms with Crippen LogP contribution in [0.15, 0.2) is 10.8 Å². The smallest absolute Gasteiger partial charge is 0.159 e. The number of methoxy groups -OCH3 is 1. The van der Waals surface area contributed by atoms with Crippen LogP contribution >= 0.6 is 15.9 Å². The highest BCUT2D eigenvalue weighted by atomic mass is 79.9. The van der Waals surface area contributed by atoms with Gasteiger partial charge in [-0.1, -0.05) is 13.8 Å². The van der Waals surface area contributed by atoms with Crippen molar-refractivity contribution in [3.63, 3.8) is 0 Å². The fraction of sp³-hybridized carbons (Fsp3) is 0.600. The van der Waals surface area contributed by atoms with Crippen molar-refractivity contribution in [3.8, 4) is 0 Å². The van der Waals surface area contributed by atoms with Crippen molar-refractivity contribution in [2.45, 2.75) is 19.9 Å². The average Bonchev–Trinajstić information content (AvgIpc) is 2.30. The normalized spacial score (nSPS) is 12.6. The van der Waals surface area contributed by atoms with Gasteiger partial charge in [0.15, 0.2) is 5.82 Å². The molecule has 0 fully saturated rings. The fourth-order valence-corrected chi connectivity index (χ4v) is 1.76. The summed E-state index contributed by atoms with van der Waals surface area (Å²) in [5, 5.41) is 3.30. The lowest BCUT2D eigenvalue weighted by Crippen LogP contribution is -2.31. The standard InChI is InChI=1S/C10H18BrN5O/c1-6(2)7(4-17-3)15-9-8(11)10(16-12)14-5-13-9/h5-7H,4,12H2,1-3H3,(H2,13,14,15,16). The van der Waals surface area contributed by atoms with Crippen LogP contribution in [0.2, 0.25) is 0 Å². The third-order valence-electron chi connectivity index (χ3n) is 2.40. The first-order valence-corrected chi connectivity index (χ1v) is 6.12. The van der Waals surface area contributed by atoms with Crippen molar-refractivity contribution >= 4 is 27.6 Å².